The number of fused-ring (bicyclic) bond motifs is 1. The number of aliphatic carboxylic acids is 1. The molecule has 1 aliphatic heterocycles. The van der Waals surface area contributed by atoms with E-state index in [1.807, 2.05) is 18.2 Å². The molecule has 1 atom stereocenters. The number of carbonyl (C=O) groups excluding carboxylic acids is 1. The topological polar surface area (TPSA) is 66.8 Å². The molecular weight excluding hydrogens is 270 g/mol. The first kappa shape index (κ1) is 15.1. The van der Waals surface area contributed by atoms with Gasteiger partial charge in [0.2, 0.25) is 5.91 Å². The van der Waals surface area contributed by atoms with Crippen molar-refractivity contribution in [3.8, 4) is 5.75 Å². The summed E-state index contributed by atoms with van der Waals surface area (Å²) in [5, 5.41) is 9.05. The first-order valence-corrected chi connectivity index (χ1v) is 6.96. The van der Waals surface area contributed by atoms with E-state index < -0.39 is 12.0 Å². The molecule has 1 unspecified atom stereocenters. The maximum atomic E-state index is 12.0. The maximum Gasteiger partial charge on any atom is 0.326 e. The van der Waals surface area contributed by atoms with Gasteiger partial charge in [0.25, 0.3) is 0 Å². The van der Waals surface area contributed by atoms with Crippen LogP contribution in [0.15, 0.2) is 24.3 Å². The molecule has 0 bridgehead atoms. The zero-order chi connectivity index (χ0) is 15.4. The fraction of sp³-hybridized carbons (Fsp3) is 0.375. The standard InChI is InChI=1S/C16H19NO4/c1-3-13(16(19)20)17(2)15(18)7-5-11-4-6-14-12(10-11)8-9-21-14/h4-7,10,13H,3,8-9H2,1-2H3,(H,19,20). The summed E-state index contributed by atoms with van der Waals surface area (Å²) in [5.41, 5.74) is 2.04. The minimum atomic E-state index is -0.989. The van der Waals surface area contributed by atoms with Gasteiger partial charge in [-0.3, -0.25) is 4.79 Å². The van der Waals surface area contributed by atoms with Crippen molar-refractivity contribution in [3.63, 3.8) is 0 Å². The van der Waals surface area contributed by atoms with Gasteiger partial charge in [0, 0.05) is 19.5 Å². The number of carbonyl (C=O) groups is 2. The number of carboxylic acid groups (broad SMARTS) is 1. The van der Waals surface area contributed by atoms with Crippen LogP contribution < -0.4 is 4.74 Å². The molecule has 0 saturated carbocycles. The van der Waals surface area contributed by atoms with Gasteiger partial charge in [-0.15, -0.1) is 0 Å². The van der Waals surface area contributed by atoms with E-state index in [2.05, 4.69) is 0 Å². The van der Waals surface area contributed by atoms with Gasteiger partial charge in [0.05, 0.1) is 6.61 Å². The number of ether oxygens (including phenoxy) is 1. The van der Waals surface area contributed by atoms with E-state index in [1.165, 1.54) is 18.0 Å². The van der Waals surface area contributed by atoms with Crippen molar-refractivity contribution in [2.24, 2.45) is 0 Å². The van der Waals surface area contributed by atoms with Gasteiger partial charge in [0.1, 0.15) is 11.8 Å². The number of hydrogen-bond acceptors (Lipinski definition) is 3. The van der Waals surface area contributed by atoms with Gasteiger partial charge in [0.15, 0.2) is 0 Å². The van der Waals surface area contributed by atoms with Gasteiger partial charge in [-0.05, 0) is 35.8 Å². The number of carboxylic acids is 1. The van der Waals surface area contributed by atoms with Gasteiger partial charge < -0.3 is 14.7 Å². The first-order valence-electron chi connectivity index (χ1n) is 6.96. The Balaban J connectivity index is 2.06. The summed E-state index contributed by atoms with van der Waals surface area (Å²) in [7, 11) is 1.51. The molecule has 5 nitrogen and oxygen atoms in total. The van der Waals surface area contributed by atoms with E-state index in [0.29, 0.717) is 13.0 Å². The molecular formula is C16H19NO4. The van der Waals surface area contributed by atoms with Crippen molar-refractivity contribution in [1.29, 1.82) is 0 Å². The zero-order valence-electron chi connectivity index (χ0n) is 12.2. The molecule has 0 radical (unpaired) electrons. The lowest BCUT2D eigenvalue weighted by Crippen LogP contribution is -2.41. The average molecular weight is 289 g/mol. The quantitative estimate of drug-likeness (QED) is 0.841. The molecule has 1 amide bonds. The van der Waals surface area contributed by atoms with Crippen LogP contribution in [0.4, 0.5) is 0 Å². The largest absolute Gasteiger partial charge is 0.493 e. The van der Waals surface area contributed by atoms with Crippen molar-refractivity contribution in [2.45, 2.75) is 25.8 Å². The number of hydrogen-bond donors (Lipinski definition) is 1. The van der Waals surface area contributed by atoms with Crippen LogP contribution in [0.25, 0.3) is 6.08 Å². The normalized spacial score (nSPS) is 14.6. The van der Waals surface area contributed by atoms with Crippen LogP contribution in [-0.4, -0.2) is 41.6 Å². The summed E-state index contributed by atoms with van der Waals surface area (Å²) >= 11 is 0. The Morgan fingerprint density at radius 1 is 1.48 bits per heavy atom. The summed E-state index contributed by atoms with van der Waals surface area (Å²) < 4.78 is 5.43. The Morgan fingerprint density at radius 3 is 2.90 bits per heavy atom. The van der Waals surface area contributed by atoms with Gasteiger partial charge >= 0.3 is 5.97 Å². The van der Waals surface area contributed by atoms with Crippen LogP contribution in [0.1, 0.15) is 24.5 Å². The van der Waals surface area contributed by atoms with Crippen molar-refractivity contribution in [1.82, 2.24) is 4.90 Å². The molecule has 1 heterocycles. The molecule has 5 heteroatoms. The second kappa shape index (κ2) is 6.43. The average Bonchev–Trinajstić information content (AvgIpc) is 2.92. The molecule has 21 heavy (non-hydrogen) atoms. The summed E-state index contributed by atoms with van der Waals surface area (Å²) in [4.78, 5) is 24.3. The van der Waals surface area contributed by atoms with E-state index in [9.17, 15) is 9.59 Å². The number of amides is 1. The van der Waals surface area contributed by atoms with E-state index in [-0.39, 0.29) is 5.91 Å². The highest BCUT2D eigenvalue weighted by Gasteiger charge is 2.23. The predicted octanol–water partition coefficient (Wildman–Crippen LogP) is 1.96. The van der Waals surface area contributed by atoms with E-state index in [1.54, 1.807) is 13.0 Å². The predicted molar refractivity (Wildman–Crippen MR) is 79.2 cm³/mol. The van der Waals surface area contributed by atoms with Crippen LogP contribution in [0, 0.1) is 0 Å². The van der Waals surface area contributed by atoms with Crippen LogP contribution in [-0.2, 0) is 16.0 Å². The second-order valence-electron chi connectivity index (χ2n) is 5.01. The van der Waals surface area contributed by atoms with E-state index >= 15 is 0 Å². The van der Waals surface area contributed by atoms with Gasteiger partial charge in [-0.1, -0.05) is 13.0 Å². The molecule has 0 fully saturated rings. The molecule has 0 spiro atoms. The molecule has 1 aliphatic rings. The fourth-order valence-corrected chi connectivity index (χ4v) is 2.36. The van der Waals surface area contributed by atoms with Crippen molar-refractivity contribution < 1.29 is 19.4 Å². The third-order valence-corrected chi connectivity index (χ3v) is 3.62. The highest BCUT2D eigenvalue weighted by Crippen LogP contribution is 2.26. The molecule has 1 aromatic carbocycles. The lowest BCUT2D eigenvalue weighted by atomic mass is 10.1. The third kappa shape index (κ3) is 3.42. The van der Waals surface area contributed by atoms with Crippen LogP contribution in [0.3, 0.4) is 0 Å². The molecule has 0 saturated heterocycles. The fourth-order valence-electron chi connectivity index (χ4n) is 2.36. The molecule has 2 rings (SSSR count). The second-order valence-corrected chi connectivity index (χ2v) is 5.01. The molecule has 1 N–H and O–H groups in total. The highest BCUT2D eigenvalue weighted by molar-refractivity contribution is 5.94. The van der Waals surface area contributed by atoms with E-state index in [0.717, 1.165) is 23.3 Å². The first-order chi connectivity index (χ1) is 10.0. The number of benzene rings is 1. The summed E-state index contributed by atoms with van der Waals surface area (Å²) in [5.74, 6) is -0.412. The summed E-state index contributed by atoms with van der Waals surface area (Å²) in [6, 6.07) is 4.96. The van der Waals surface area contributed by atoms with Crippen molar-refractivity contribution in [2.75, 3.05) is 13.7 Å². The Hall–Kier alpha value is -2.30. The lowest BCUT2D eigenvalue weighted by molar-refractivity contribution is -0.147. The number of nitrogens with zero attached hydrogens (tertiary/aromatic N) is 1. The van der Waals surface area contributed by atoms with Crippen LogP contribution in [0.5, 0.6) is 5.75 Å². The monoisotopic (exact) mass is 289 g/mol. The Morgan fingerprint density at radius 2 is 2.24 bits per heavy atom. The highest BCUT2D eigenvalue weighted by atomic mass is 16.5. The van der Waals surface area contributed by atoms with Gasteiger partial charge in [-0.25, -0.2) is 4.79 Å². The number of likely N-dealkylation sites (N-methyl/N-ethyl adjacent to an activating group) is 1. The maximum absolute atomic E-state index is 12.0. The Labute approximate surface area is 123 Å². The minimum Gasteiger partial charge on any atom is -0.493 e. The van der Waals surface area contributed by atoms with Crippen molar-refractivity contribution in [3.05, 3.63) is 35.4 Å². The summed E-state index contributed by atoms with van der Waals surface area (Å²) in [6.45, 7) is 2.44. The third-order valence-electron chi connectivity index (χ3n) is 3.62. The van der Waals surface area contributed by atoms with Crippen molar-refractivity contribution >= 4 is 18.0 Å². The minimum absolute atomic E-state index is 0.319. The molecule has 1 aromatic rings. The van der Waals surface area contributed by atoms with Crippen LogP contribution in [0.2, 0.25) is 0 Å². The van der Waals surface area contributed by atoms with Gasteiger partial charge in [-0.2, -0.15) is 0 Å². The zero-order valence-corrected chi connectivity index (χ0v) is 12.2. The number of rotatable bonds is 5. The lowest BCUT2D eigenvalue weighted by Gasteiger charge is -2.22. The van der Waals surface area contributed by atoms with Crippen LogP contribution >= 0.6 is 0 Å². The molecule has 112 valence electrons. The van der Waals surface area contributed by atoms with E-state index in [4.69, 9.17) is 9.84 Å². The molecule has 0 aliphatic carbocycles. The summed E-state index contributed by atoms with van der Waals surface area (Å²) in [6.07, 6.45) is 4.36. The smallest absolute Gasteiger partial charge is 0.326 e. The Bertz CT molecular complexity index is 580. The molecule has 0 aromatic heterocycles. The SMILES string of the molecule is CCC(C(=O)O)N(C)C(=O)C=Cc1ccc2c(c1)CCO2. The Kier molecular flexibility index (Phi) is 4.62.